The Hall–Kier alpha value is -3.05. The molecule has 1 unspecified atom stereocenters. The van der Waals surface area contributed by atoms with Crippen molar-refractivity contribution in [2.75, 3.05) is 13.7 Å². The van der Waals surface area contributed by atoms with Gasteiger partial charge in [0.1, 0.15) is 5.75 Å². The van der Waals surface area contributed by atoms with Crippen molar-refractivity contribution in [2.24, 2.45) is 0 Å². The standard InChI is InChI=1S/C25H22BrNO3/c1-30-19-13-11-18(12-14-19)22-23(20-9-5-6-10-21(20)26)27(25(29)24(22)28)16-15-17-7-3-2-4-8-17/h2-14,23,28H,15-16H2,1H3. The number of halogens is 1. The van der Waals surface area contributed by atoms with Gasteiger partial charge in [-0.15, -0.1) is 0 Å². The predicted octanol–water partition coefficient (Wildman–Crippen LogP) is 5.55. The average molecular weight is 464 g/mol. The van der Waals surface area contributed by atoms with Gasteiger partial charge >= 0.3 is 0 Å². The molecule has 3 aromatic carbocycles. The minimum atomic E-state index is -0.384. The molecule has 0 aromatic heterocycles. The number of ether oxygens (including phenoxy) is 1. The van der Waals surface area contributed by atoms with Crippen molar-refractivity contribution in [3.8, 4) is 5.75 Å². The van der Waals surface area contributed by atoms with Gasteiger partial charge in [-0.25, -0.2) is 0 Å². The first-order valence-corrected chi connectivity index (χ1v) is 10.6. The first kappa shape index (κ1) is 20.2. The van der Waals surface area contributed by atoms with E-state index in [0.29, 0.717) is 18.5 Å². The second-order valence-electron chi connectivity index (χ2n) is 7.15. The highest BCUT2D eigenvalue weighted by Gasteiger charge is 2.41. The van der Waals surface area contributed by atoms with Crippen LogP contribution in [0.3, 0.4) is 0 Å². The van der Waals surface area contributed by atoms with E-state index in [1.54, 1.807) is 12.0 Å². The van der Waals surface area contributed by atoms with Crippen LogP contribution in [0.15, 0.2) is 89.1 Å². The molecule has 5 heteroatoms. The van der Waals surface area contributed by atoms with Gasteiger partial charge in [0.2, 0.25) is 0 Å². The molecule has 1 aliphatic heterocycles. The lowest BCUT2D eigenvalue weighted by atomic mass is 9.93. The maximum absolute atomic E-state index is 13.1. The zero-order valence-corrected chi connectivity index (χ0v) is 18.2. The summed E-state index contributed by atoms with van der Waals surface area (Å²) in [6.45, 7) is 0.499. The van der Waals surface area contributed by atoms with Crippen molar-refractivity contribution in [1.29, 1.82) is 0 Å². The number of benzene rings is 3. The number of hydrogen-bond acceptors (Lipinski definition) is 3. The molecule has 0 saturated heterocycles. The SMILES string of the molecule is COc1ccc(C2=C(O)C(=O)N(CCc3ccccc3)C2c2ccccc2Br)cc1. The first-order chi connectivity index (χ1) is 14.6. The van der Waals surface area contributed by atoms with Gasteiger partial charge in [-0.1, -0.05) is 76.6 Å². The topological polar surface area (TPSA) is 49.8 Å². The fraction of sp³-hybridized carbons (Fsp3) is 0.160. The van der Waals surface area contributed by atoms with Crippen LogP contribution in [0.4, 0.5) is 0 Å². The van der Waals surface area contributed by atoms with Crippen LogP contribution in [-0.4, -0.2) is 29.6 Å². The van der Waals surface area contributed by atoms with Crippen LogP contribution in [0.5, 0.6) is 5.75 Å². The molecular weight excluding hydrogens is 442 g/mol. The third-order valence-corrected chi connectivity index (χ3v) is 6.11. The highest BCUT2D eigenvalue weighted by Crippen LogP contribution is 2.45. The Morgan fingerprint density at radius 2 is 1.63 bits per heavy atom. The first-order valence-electron chi connectivity index (χ1n) is 9.77. The molecule has 30 heavy (non-hydrogen) atoms. The van der Waals surface area contributed by atoms with E-state index in [1.807, 2.05) is 78.9 Å². The molecule has 1 aliphatic rings. The van der Waals surface area contributed by atoms with E-state index in [4.69, 9.17) is 4.74 Å². The number of nitrogens with zero attached hydrogens (tertiary/aromatic N) is 1. The Balaban J connectivity index is 1.75. The third-order valence-electron chi connectivity index (χ3n) is 5.39. The van der Waals surface area contributed by atoms with Crippen molar-refractivity contribution >= 4 is 27.4 Å². The fourth-order valence-corrected chi connectivity index (χ4v) is 4.37. The Morgan fingerprint density at radius 3 is 2.30 bits per heavy atom. The van der Waals surface area contributed by atoms with Gasteiger partial charge in [0.15, 0.2) is 5.76 Å². The fourth-order valence-electron chi connectivity index (χ4n) is 3.86. The number of aliphatic hydroxyl groups is 1. The van der Waals surface area contributed by atoms with Crippen molar-refractivity contribution in [3.05, 3.63) is 106 Å². The summed E-state index contributed by atoms with van der Waals surface area (Å²) >= 11 is 3.63. The van der Waals surface area contributed by atoms with E-state index in [-0.39, 0.29) is 17.7 Å². The molecule has 4 nitrogen and oxygen atoms in total. The van der Waals surface area contributed by atoms with Crippen molar-refractivity contribution in [1.82, 2.24) is 4.90 Å². The van der Waals surface area contributed by atoms with E-state index in [1.165, 1.54) is 0 Å². The van der Waals surface area contributed by atoms with Gasteiger partial charge in [0.25, 0.3) is 5.91 Å². The second kappa shape index (κ2) is 8.76. The quantitative estimate of drug-likeness (QED) is 0.520. The third kappa shape index (κ3) is 3.85. The van der Waals surface area contributed by atoms with Crippen LogP contribution in [0, 0.1) is 0 Å². The Kier molecular flexibility index (Phi) is 5.91. The predicted molar refractivity (Wildman–Crippen MR) is 121 cm³/mol. The maximum Gasteiger partial charge on any atom is 0.289 e. The summed E-state index contributed by atoms with van der Waals surface area (Å²) in [4.78, 5) is 14.9. The van der Waals surface area contributed by atoms with E-state index in [2.05, 4.69) is 15.9 Å². The number of carbonyl (C=O) groups is 1. The highest BCUT2D eigenvalue weighted by atomic mass is 79.9. The van der Waals surface area contributed by atoms with Gasteiger partial charge in [-0.2, -0.15) is 0 Å². The summed E-state index contributed by atoms with van der Waals surface area (Å²) < 4.78 is 6.15. The Morgan fingerprint density at radius 1 is 0.967 bits per heavy atom. The summed E-state index contributed by atoms with van der Waals surface area (Å²) in [5.41, 5.74) is 3.49. The molecule has 1 atom stereocenters. The lowest BCUT2D eigenvalue weighted by molar-refractivity contribution is -0.129. The molecular formula is C25H22BrNO3. The van der Waals surface area contributed by atoms with E-state index in [9.17, 15) is 9.90 Å². The maximum atomic E-state index is 13.1. The molecule has 0 bridgehead atoms. The molecule has 1 N–H and O–H groups in total. The summed E-state index contributed by atoms with van der Waals surface area (Å²) in [5, 5.41) is 10.9. The van der Waals surface area contributed by atoms with Crippen LogP contribution in [-0.2, 0) is 11.2 Å². The number of methoxy groups -OCH3 is 1. The Labute approximate surface area is 184 Å². The molecule has 4 rings (SSSR count). The lowest BCUT2D eigenvalue weighted by Gasteiger charge is -2.28. The zero-order chi connectivity index (χ0) is 21.1. The number of carbonyl (C=O) groups excluding carboxylic acids is 1. The van der Waals surface area contributed by atoms with E-state index in [0.717, 1.165) is 26.9 Å². The van der Waals surface area contributed by atoms with E-state index < -0.39 is 0 Å². The van der Waals surface area contributed by atoms with Gasteiger partial charge in [0.05, 0.1) is 13.2 Å². The number of rotatable bonds is 6. The molecule has 0 radical (unpaired) electrons. The molecule has 0 spiro atoms. The van der Waals surface area contributed by atoms with Crippen molar-refractivity contribution in [3.63, 3.8) is 0 Å². The van der Waals surface area contributed by atoms with Crippen molar-refractivity contribution < 1.29 is 14.6 Å². The number of hydrogen-bond donors (Lipinski definition) is 1. The molecule has 1 amide bonds. The number of amides is 1. The molecule has 0 fully saturated rings. The summed E-state index contributed by atoms with van der Waals surface area (Å²) in [6.07, 6.45) is 0.705. The van der Waals surface area contributed by atoms with Crippen LogP contribution in [0.2, 0.25) is 0 Å². The highest BCUT2D eigenvalue weighted by molar-refractivity contribution is 9.10. The smallest absolute Gasteiger partial charge is 0.289 e. The van der Waals surface area contributed by atoms with Crippen molar-refractivity contribution in [2.45, 2.75) is 12.5 Å². The van der Waals surface area contributed by atoms with E-state index >= 15 is 0 Å². The molecule has 0 aliphatic carbocycles. The Bertz CT molecular complexity index is 1080. The summed E-state index contributed by atoms with van der Waals surface area (Å²) in [6, 6.07) is 24.9. The lowest BCUT2D eigenvalue weighted by Crippen LogP contribution is -2.32. The number of aliphatic hydroxyl groups excluding tert-OH is 1. The molecule has 3 aromatic rings. The summed E-state index contributed by atoms with van der Waals surface area (Å²) in [7, 11) is 1.61. The minimum Gasteiger partial charge on any atom is -0.503 e. The van der Waals surface area contributed by atoms with Gasteiger partial charge in [0, 0.05) is 16.6 Å². The molecule has 1 heterocycles. The summed E-state index contributed by atoms with van der Waals surface area (Å²) in [5.74, 6) is 0.174. The normalized spacial score (nSPS) is 16.3. The van der Waals surface area contributed by atoms with Gasteiger partial charge < -0.3 is 14.7 Å². The molecule has 152 valence electrons. The van der Waals surface area contributed by atoms with Crippen LogP contribution >= 0.6 is 15.9 Å². The molecule has 0 saturated carbocycles. The van der Waals surface area contributed by atoms with Crippen LogP contribution in [0.25, 0.3) is 5.57 Å². The van der Waals surface area contributed by atoms with Gasteiger partial charge in [-0.05, 0) is 41.3 Å². The largest absolute Gasteiger partial charge is 0.503 e. The average Bonchev–Trinajstić information content (AvgIpc) is 3.03. The minimum absolute atomic E-state index is 0.200. The monoisotopic (exact) mass is 463 g/mol. The van der Waals surface area contributed by atoms with Crippen LogP contribution in [0.1, 0.15) is 22.7 Å². The van der Waals surface area contributed by atoms with Gasteiger partial charge in [-0.3, -0.25) is 4.79 Å². The van der Waals surface area contributed by atoms with Crippen LogP contribution < -0.4 is 4.74 Å². The second-order valence-corrected chi connectivity index (χ2v) is 8.00. The zero-order valence-electron chi connectivity index (χ0n) is 16.6.